The van der Waals surface area contributed by atoms with Crippen LogP contribution in [0.5, 0.6) is 0 Å². The van der Waals surface area contributed by atoms with E-state index < -0.39 is 0 Å². The number of rotatable bonds is 6. The zero-order chi connectivity index (χ0) is 18.2. The lowest BCUT2D eigenvalue weighted by Gasteiger charge is -2.11. The van der Waals surface area contributed by atoms with Crippen molar-refractivity contribution in [3.63, 3.8) is 0 Å². The maximum Gasteiger partial charge on any atom is 0.251 e. The molecule has 0 aliphatic heterocycles. The molecule has 0 unspecified atom stereocenters. The Bertz CT molecular complexity index is 877. The fraction of sp³-hybridized carbons (Fsp3) is 0.0909. The maximum atomic E-state index is 12.5. The topological polar surface area (TPSA) is 58.2 Å². The van der Waals surface area contributed by atoms with Crippen molar-refractivity contribution in [1.29, 1.82) is 0 Å². The normalized spacial score (nSPS) is 10.2. The smallest absolute Gasteiger partial charge is 0.251 e. The molecule has 0 heterocycles. The van der Waals surface area contributed by atoms with Crippen molar-refractivity contribution in [2.75, 3.05) is 13.1 Å². The summed E-state index contributed by atoms with van der Waals surface area (Å²) < 4.78 is 0. The van der Waals surface area contributed by atoms with Gasteiger partial charge in [0.25, 0.3) is 11.8 Å². The number of benzene rings is 3. The van der Waals surface area contributed by atoms with Gasteiger partial charge >= 0.3 is 0 Å². The summed E-state index contributed by atoms with van der Waals surface area (Å²) in [6.07, 6.45) is 0. The molecule has 0 atom stereocenters. The molecule has 0 radical (unpaired) electrons. The molecule has 2 amide bonds. The van der Waals surface area contributed by atoms with Gasteiger partial charge in [-0.2, -0.15) is 0 Å². The summed E-state index contributed by atoms with van der Waals surface area (Å²) in [6.45, 7) is 0.730. The van der Waals surface area contributed by atoms with Crippen molar-refractivity contribution >= 4 is 11.8 Å². The highest BCUT2D eigenvalue weighted by molar-refractivity contribution is 6.01. The van der Waals surface area contributed by atoms with Crippen LogP contribution < -0.4 is 10.6 Å². The minimum absolute atomic E-state index is 0.149. The zero-order valence-corrected chi connectivity index (χ0v) is 14.3. The van der Waals surface area contributed by atoms with E-state index in [0.717, 1.165) is 11.1 Å². The van der Waals surface area contributed by atoms with E-state index in [9.17, 15) is 9.59 Å². The zero-order valence-electron chi connectivity index (χ0n) is 14.3. The SMILES string of the molecule is O=C(NCCNC(=O)c1ccccc1-c1ccccc1)c1ccccc1. The molecule has 0 aromatic heterocycles. The van der Waals surface area contributed by atoms with E-state index in [1.165, 1.54) is 0 Å². The first-order valence-corrected chi connectivity index (χ1v) is 8.51. The lowest BCUT2D eigenvalue weighted by molar-refractivity contribution is 0.0928. The fourth-order valence-corrected chi connectivity index (χ4v) is 2.69. The molecule has 0 saturated carbocycles. The quantitative estimate of drug-likeness (QED) is 0.672. The van der Waals surface area contributed by atoms with Gasteiger partial charge in [0.1, 0.15) is 0 Å². The van der Waals surface area contributed by atoms with E-state index in [1.807, 2.05) is 66.7 Å². The summed E-state index contributed by atoms with van der Waals surface area (Å²) in [5, 5.41) is 5.66. The van der Waals surface area contributed by atoms with Gasteiger partial charge in [-0.1, -0.05) is 66.7 Å². The Morgan fingerprint density at radius 2 is 1.15 bits per heavy atom. The molecule has 0 aliphatic rings. The predicted octanol–water partition coefficient (Wildman–Crippen LogP) is 3.51. The van der Waals surface area contributed by atoms with Crippen molar-refractivity contribution in [2.45, 2.75) is 0 Å². The molecule has 26 heavy (non-hydrogen) atoms. The van der Waals surface area contributed by atoms with E-state index in [-0.39, 0.29) is 11.8 Å². The van der Waals surface area contributed by atoms with E-state index in [4.69, 9.17) is 0 Å². The molecular weight excluding hydrogens is 324 g/mol. The molecule has 0 bridgehead atoms. The number of hydrogen-bond donors (Lipinski definition) is 2. The summed E-state index contributed by atoms with van der Waals surface area (Å²) >= 11 is 0. The highest BCUT2D eigenvalue weighted by Gasteiger charge is 2.11. The lowest BCUT2D eigenvalue weighted by Crippen LogP contribution is -2.34. The van der Waals surface area contributed by atoms with Gasteiger partial charge in [-0.15, -0.1) is 0 Å². The molecule has 130 valence electrons. The van der Waals surface area contributed by atoms with Gasteiger partial charge in [0.2, 0.25) is 0 Å². The Morgan fingerprint density at radius 1 is 0.615 bits per heavy atom. The minimum atomic E-state index is -0.154. The summed E-state index contributed by atoms with van der Waals surface area (Å²) in [6, 6.07) is 26.3. The predicted molar refractivity (Wildman–Crippen MR) is 103 cm³/mol. The van der Waals surface area contributed by atoms with Crippen LogP contribution in [0.1, 0.15) is 20.7 Å². The van der Waals surface area contributed by atoms with Crippen molar-refractivity contribution in [3.8, 4) is 11.1 Å². The number of amides is 2. The Balaban J connectivity index is 1.57. The third kappa shape index (κ3) is 4.36. The van der Waals surface area contributed by atoms with Crippen LogP contribution in [-0.2, 0) is 0 Å². The monoisotopic (exact) mass is 344 g/mol. The van der Waals surface area contributed by atoms with Crippen LogP contribution in [0.2, 0.25) is 0 Å². The Hall–Kier alpha value is -3.40. The minimum Gasteiger partial charge on any atom is -0.350 e. The molecule has 0 spiro atoms. The first-order valence-electron chi connectivity index (χ1n) is 8.51. The van der Waals surface area contributed by atoms with Crippen LogP contribution in [-0.4, -0.2) is 24.9 Å². The largest absolute Gasteiger partial charge is 0.350 e. The van der Waals surface area contributed by atoms with Crippen LogP contribution in [0.15, 0.2) is 84.9 Å². The summed E-state index contributed by atoms with van der Waals surface area (Å²) in [4.78, 5) is 24.5. The van der Waals surface area contributed by atoms with Crippen LogP contribution in [0.3, 0.4) is 0 Å². The maximum absolute atomic E-state index is 12.5. The van der Waals surface area contributed by atoms with Crippen LogP contribution in [0.25, 0.3) is 11.1 Å². The molecule has 3 aromatic carbocycles. The standard InChI is InChI=1S/C22H20N2O2/c25-21(18-11-5-2-6-12-18)23-15-16-24-22(26)20-14-8-7-13-19(20)17-9-3-1-4-10-17/h1-14H,15-16H2,(H,23,25)(H,24,26). The second kappa shape index (κ2) is 8.62. The molecule has 4 heteroatoms. The van der Waals surface area contributed by atoms with Crippen LogP contribution >= 0.6 is 0 Å². The molecule has 4 nitrogen and oxygen atoms in total. The van der Waals surface area contributed by atoms with Gasteiger partial charge in [-0.3, -0.25) is 9.59 Å². The number of hydrogen-bond acceptors (Lipinski definition) is 2. The van der Waals surface area contributed by atoms with Gasteiger partial charge < -0.3 is 10.6 Å². The molecule has 3 aromatic rings. The average molecular weight is 344 g/mol. The van der Waals surface area contributed by atoms with E-state index in [2.05, 4.69) is 10.6 Å². The summed E-state index contributed by atoms with van der Waals surface area (Å²) in [5.74, 6) is -0.303. The van der Waals surface area contributed by atoms with Crippen molar-refractivity contribution in [1.82, 2.24) is 10.6 Å². The molecule has 3 rings (SSSR count). The molecule has 0 aliphatic carbocycles. The first kappa shape index (κ1) is 17.4. The van der Waals surface area contributed by atoms with Crippen LogP contribution in [0, 0.1) is 0 Å². The number of carbonyl (C=O) groups excluding carboxylic acids is 2. The van der Waals surface area contributed by atoms with Gasteiger partial charge in [-0.25, -0.2) is 0 Å². The second-order valence-electron chi connectivity index (χ2n) is 5.79. The van der Waals surface area contributed by atoms with Gasteiger partial charge in [-0.05, 0) is 29.3 Å². The fourth-order valence-electron chi connectivity index (χ4n) is 2.69. The number of nitrogens with one attached hydrogen (secondary N) is 2. The Labute approximate surface area is 152 Å². The Kier molecular flexibility index (Phi) is 5.78. The first-order chi connectivity index (χ1) is 12.8. The molecule has 0 fully saturated rings. The summed E-state index contributed by atoms with van der Waals surface area (Å²) in [5.41, 5.74) is 3.11. The van der Waals surface area contributed by atoms with Gasteiger partial charge in [0.05, 0.1) is 0 Å². The van der Waals surface area contributed by atoms with Crippen molar-refractivity contribution in [2.24, 2.45) is 0 Å². The third-order valence-electron chi connectivity index (χ3n) is 3.99. The van der Waals surface area contributed by atoms with Gasteiger partial charge in [0, 0.05) is 24.2 Å². The van der Waals surface area contributed by atoms with E-state index in [0.29, 0.717) is 24.2 Å². The molecular formula is C22H20N2O2. The summed E-state index contributed by atoms with van der Waals surface area (Å²) in [7, 11) is 0. The van der Waals surface area contributed by atoms with E-state index in [1.54, 1.807) is 18.2 Å². The molecule has 2 N–H and O–H groups in total. The average Bonchev–Trinajstić information content (AvgIpc) is 2.72. The second-order valence-corrected chi connectivity index (χ2v) is 5.79. The van der Waals surface area contributed by atoms with Crippen molar-refractivity contribution in [3.05, 3.63) is 96.1 Å². The highest BCUT2D eigenvalue weighted by atomic mass is 16.2. The Morgan fingerprint density at radius 3 is 1.85 bits per heavy atom. The van der Waals surface area contributed by atoms with Crippen molar-refractivity contribution < 1.29 is 9.59 Å². The lowest BCUT2D eigenvalue weighted by atomic mass is 9.99. The van der Waals surface area contributed by atoms with E-state index >= 15 is 0 Å². The molecule has 0 saturated heterocycles. The third-order valence-corrected chi connectivity index (χ3v) is 3.99. The van der Waals surface area contributed by atoms with Crippen LogP contribution in [0.4, 0.5) is 0 Å². The highest BCUT2D eigenvalue weighted by Crippen LogP contribution is 2.23. The van der Waals surface area contributed by atoms with Gasteiger partial charge in [0.15, 0.2) is 0 Å². The number of carbonyl (C=O) groups is 2.